The van der Waals surface area contributed by atoms with Crippen molar-refractivity contribution in [3.8, 4) is 0 Å². The molecular formula is C11H15ClN6O. The fourth-order valence-electron chi connectivity index (χ4n) is 1.53. The van der Waals surface area contributed by atoms with Crippen LogP contribution >= 0.6 is 11.6 Å². The molecule has 0 fully saturated rings. The van der Waals surface area contributed by atoms with Gasteiger partial charge >= 0.3 is 6.01 Å². The van der Waals surface area contributed by atoms with Crippen LogP contribution in [0.2, 0.25) is 0 Å². The van der Waals surface area contributed by atoms with Crippen molar-refractivity contribution in [3.05, 3.63) is 17.3 Å². The molecule has 0 aliphatic carbocycles. The van der Waals surface area contributed by atoms with Gasteiger partial charge in [-0.1, -0.05) is 18.9 Å². The van der Waals surface area contributed by atoms with Crippen molar-refractivity contribution in [2.45, 2.75) is 39.0 Å². The molecule has 2 aromatic heterocycles. The van der Waals surface area contributed by atoms with Gasteiger partial charge < -0.3 is 4.42 Å². The number of nitrogens with one attached hydrogen (secondary N) is 1. The standard InChI is InChI=1S/C11H15ClN6O/c1-4-7-8(5-2)15-17-10(13-7)14-11-18-16-9(19-11)6(3)12/h6H,4-5H2,1-3H3,(H,13,14,17,18). The fraction of sp³-hybridized carbons (Fsp3) is 0.545. The summed E-state index contributed by atoms with van der Waals surface area (Å²) in [6, 6.07) is 0.204. The average molecular weight is 283 g/mol. The second-order valence-corrected chi connectivity index (χ2v) is 4.58. The summed E-state index contributed by atoms with van der Waals surface area (Å²) in [5.41, 5.74) is 1.80. The van der Waals surface area contributed by atoms with Gasteiger partial charge in [0.2, 0.25) is 5.89 Å². The summed E-state index contributed by atoms with van der Waals surface area (Å²) in [5, 5.41) is 18.2. The molecule has 2 aromatic rings. The molecule has 1 atom stereocenters. The predicted molar refractivity (Wildman–Crippen MR) is 70.4 cm³/mol. The Morgan fingerprint density at radius 2 is 1.84 bits per heavy atom. The first-order chi connectivity index (χ1) is 9.13. The summed E-state index contributed by atoms with van der Waals surface area (Å²) in [5.74, 6) is 0.685. The highest BCUT2D eigenvalue weighted by Gasteiger charge is 2.13. The fourth-order valence-corrected chi connectivity index (χ4v) is 1.62. The molecule has 2 heterocycles. The summed E-state index contributed by atoms with van der Waals surface area (Å²) < 4.78 is 5.31. The lowest BCUT2D eigenvalue weighted by Gasteiger charge is -2.04. The maximum absolute atomic E-state index is 5.84. The largest absolute Gasteiger partial charge is 0.406 e. The number of hydrogen-bond donors (Lipinski definition) is 1. The number of alkyl halides is 1. The average Bonchev–Trinajstić information content (AvgIpc) is 2.87. The normalized spacial score (nSPS) is 12.4. The van der Waals surface area contributed by atoms with E-state index in [1.807, 2.05) is 13.8 Å². The Morgan fingerprint density at radius 1 is 1.11 bits per heavy atom. The van der Waals surface area contributed by atoms with E-state index >= 15 is 0 Å². The number of aromatic nitrogens is 5. The van der Waals surface area contributed by atoms with Crippen LogP contribution in [0.25, 0.3) is 0 Å². The number of hydrogen-bond acceptors (Lipinski definition) is 7. The Labute approximate surface area is 115 Å². The number of nitrogens with zero attached hydrogens (tertiary/aromatic N) is 5. The third-order valence-corrected chi connectivity index (χ3v) is 2.70. The minimum absolute atomic E-state index is 0.204. The van der Waals surface area contributed by atoms with Crippen molar-refractivity contribution in [3.63, 3.8) is 0 Å². The first-order valence-electron chi connectivity index (χ1n) is 6.11. The Hall–Kier alpha value is -1.76. The topological polar surface area (TPSA) is 89.6 Å². The zero-order chi connectivity index (χ0) is 13.8. The van der Waals surface area contributed by atoms with Crippen LogP contribution in [0.3, 0.4) is 0 Å². The van der Waals surface area contributed by atoms with Crippen molar-refractivity contribution in [2.75, 3.05) is 5.32 Å². The second-order valence-electron chi connectivity index (χ2n) is 3.92. The summed E-state index contributed by atoms with van der Waals surface area (Å²) >= 11 is 5.84. The third-order valence-electron chi connectivity index (χ3n) is 2.51. The highest BCUT2D eigenvalue weighted by molar-refractivity contribution is 6.20. The van der Waals surface area contributed by atoms with Crippen LogP contribution in [-0.2, 0) is 12.8 Å². The Morgan fingerprint density at radius 3 is 2.42 bits per heavy atom. The van der Waals surface area contributed by atoms with Crippen LogP contribution < -0.4 is 5.32 Å². The van der Waals surface area contributed by atoms with Crippen LogP contribution in [-0.4, -0.2) is 25.4 Å². The lowest BCUT2D eigenvalue weighted by molar-refractivity contribution is 0.509. The highest BCUT2D eigenvalue weighted by atomic mass is 35.5. The maximum Gasteiger partial charge on any atom is 0.322 e. The van der Waals surface area contributed by atoms with Crippen LogP contribution in [0.15, 0.2) is 4.42 Å². The minimum atomic E-state index is -0.337. The van der Waals surface area contributed by atoms with E-state index in [-0.39, 0.29) is 11.4 Å². The molecular weight excluding hydrogens is 268 g/mol. The molecule has 19 heavy (non-hydrogen) atoms. The molecule has 102 valence electrons. The van der Waals surface area contributed by atoms with E-state index < -0.39 is 0 Å². The maximum atomic E-state index is 5.84. The molecule has 0 aromatic carbocycles. The molecule has 8 heteroatoms. The first-order valence-corrected chi connectivity index (χ1v) is 6.54. The molecule has 0 spiro atoms. The number of anilines is 2. The van der Waals surface area contributed by atoms with Gasteiger partial charge in [0.25, 0.3) is 5.95 Å². The second kappa shape index (κ2) is 5.92. The monoisotopic (exact) mass is 282 g/mol. The first kappa shape index (κ1) is 13.7. The van der Waals surface area contributed by atoms with E-state index in [0.29, 0.717) is 11.8 Å². The van der Waals surface area contributed by atoms with E-state index in [4.69, 9.17) is 16.0 Å². The molecule has 0 aliphatic heterocycles. The summed E-state index contributed by atoms with van der Waals surface area (Å²) in [6.07, 6.45) is 1.60. The van der Waals surface area contributed by atoms with E-state index in [1.54, 1.807) is 6.92 Å². The molecule has 0 radical (unpaired) electrons. The van der Waals surface area contributed by atoms with Crippen LogP contribution in [0.4, 0.5) is 12.0 Å². The van der Waals surface area contributed by atoms with E-state index in [2.05, 4.69) is 30.7 Å². The summed E-state index contributed by atoms with van der Waals surface area (Å²) in [4.78, 5) is 4.37. The van der Waals surface area contributed by atoms with Gasteiger partial charge in [-0.25, -0.2) is 4.98 Å². The Bertz CT molecular complexity index is 556. The van der Waals surface area contributed by atoms with Crippen LogP contribution in [0, 0.1) is 0 Å². The van der Waals surface area contributed by atoms with Gasteiger partial charge in [-0.2, -0.15) is 0 Å². The number of halogens is 1. The van der Waals surface area contributed by atoms with Gasteiger partial charge in [0, 0.05) is 0 Å². The van der Waals surface area contributed by atoms with E-state index in [1.165, 1.54) is 0 Å². The minimum Gasteiger partial charge on any atom is -0.406 e. The van der Waals surface area contributed by atoms with Gasteiger partial charge in [0.1, 0.15) is 5.38 Å². The van der Waals surface area contributed by atoms with Crippen LogP contribution in [0.1, 0.15) is 43.4 Å². The summed E-state index contributed by atoms with van der Waals surface area (Å²) in [7, 11) is 0. The molecule has 0 saturated carbocycles. The molecule has 1 unspecified atom stereocenters. The van der Waals surface area contributed by atoms with Crippen molar-refractivity contribution in [2.24, 2.45) is 0 Å². The van der Waals surface area contributed by atoms with Gasteiger partial charge in [0.05, 0.1) is 11.4 Å². The Balaban J connectivity index is 2.18. The lowest BCUT2D eigenvalue weighted by Crippen LogP contribution is -2.06. The molecule has 0 aliphatic rings. The quantitative estimate of drug-likeness (QED) is 0.842. The summed E-state index contributed by atoms with van der Waals surface area (Å²) in [6.45, 7) is 5.79. The molecule has 7 nitrogen and oxygen atoms in total. The zero-order valence-electron chi connectivity index (χ0n) is 11.0. The van der Waals surface area contributed by atoms with Crippen LogP contribution in [0.5, 0.6) is 0 Å². The van der Waals surface area contributed by atoms with E-state index in [0.717, 1.165) is 24.2 Å². The van der Waals surface area contributed by atoms with Gasteiger partial charge in [-0.15, -0.1) is 26.9 Å². The van der Waals surface area contributed by atoms with Crippen molar-refractivity contribution >= 4 is 23.6 Å². The zero-order valence-corrected chi connectivity index (χ0v) is 11.8. The predicted octanol–water partition coefficient (Wildman–Crippen LogP) is 2.42. The number of aryl methyl sites for hydroxylation is 2. The van der Waals surface area contributed by atoms with Gasteiger partial charge in [-0.3, -0.25) is 5.32 Å². The lowest BCUT2D eigenvalue weighted by atomic mass is 10.2. The molecule has 0 bridgehead atoms. The van der Waals surface area contributed by atoms with Gasteiger partial charge in [0.15, 0.2) is 0 Å². The molecule has 0 amide bonds. The van der Waals surface area contributed by atoms with E-state index in [9.17, 15) is 0 Å². The molecule has 1 N–H and O–H groups in total. The number of rotatable bonds is 5. The highest BCUT2D eigenvalue weighted by Crippen LogP contribution is 2.20. The Kier molecular flexibility index (Phi) is 4.26. The third kappa shape index (κ3) is 3.17. The van der Waals surface area contributed by atoms with Crippen molar-refractivity contribution < 1.29 is 4.42 Å². The van der Waals surface area contributed by atoms with Gasteiger partial charge in [-0.05, 0) is 19.8 Å². The smallest absolute Gasteiger partial charge is 0.322 e. The molecule has 2 rings (SSSR count). The molecule has 0 saturated heterocycles. The SMILES string of the molecule is CCc1nnc(Nc2nnc(C(C)Cl)o2)nc1CC. The van der Waals surface area contributed by atoms with Crippen molar-refractivity contribution in [1.82, 2.24) is 25.4 Å². The van der Waals surface area contributed by atoms with Crippen molar-refractivity contribution in [1.29, 1.82) is 0 Å².